The fraction of sp³-hybridized carbons (Fsp3) is 0.333. The summed E-state index contributed by atoms with van der Waals surface area (Å²) < 4.78 is 6.38. The van der Waals surface area contributed by atoms with Crippen molar-refractivity contribution in [1.29, 1.82) is 0 Å². The zero-order chi connectivity index (χ0) is 21.8. The number of carbonyl (C=O) groups excluding carboxylic acids is 2. The number of carbonyl (C=O) groups is 2. The van der Waals surface area contributed by atoms with Gasteiger partial charge in [0.2, 0.25) is 5.91 Å². The number of rotatable bonds is 7. The molecule has 0 unspecified atom stereocenters. The number of H-pyrrole nitrogens is 1. The highest BCUT2D eigenvalue weighted by atomic mass is 32.2. The molecule has 0 bridgehead atoms. The molecule has 2 N–H and O–H groups in total. The van der Waals surface area contributed by atoms with Crippen LogP contribution in [0.1, 0.15) is 42.4 Å². The lowest BCUT2D eigenvalue weighted by molar-refractivity contribution is -0.113. The molecule has 1 atom stereocenters. The quantitative estimate of drug-likeness (QED) is 0.339. The number of ether oxygens (including phenoxy) is 1. The summed E-state index contributed by atoms with van der Waals surface area (Å²) in [6.07, 6.45) is 0.749. The van der Waals surface area contributed by atoms with E-state index >= 15 is 0 Å². The van der Waals surface area contributed by atoms with E-state index in [-0.39, 0.29) is 28.8 Å². The van der Waals surface area contributed by atoms with Gasteiger partial charge in [-0.25, -0.2) is 9.78 Å². The molecule has 3 rings (SSSR count). The molecule has 0 radical (unpaired) electrons. The van der Waals surface area contributed by atoms with E-state index in [2.05, 4.69) is 15.3 Å². The molecule has 3 aromatic rings. The number of hydrogen-bond acceptors (Lipinski definition) is 6. The van der Waals surface area contributed by atoms with Crippen LogP contribution in [0.15, 0.2) is 40.3 Å². The number of hydrogen-bond donors (Lipinski definition) is 2. The molecule has 0 aliphatic rings. The van der Waals surface area contributed by atoms with Crippen LogP contribution in [0.2, 0.25) is 0 Å². The molecular formula is C21H24N4O4S. The Labute approximate surface area is 178 Å². The lowest BCUT2D eigenvalue weighted by Gasteiger charge is -2.17. The van der Waals surface area contributed by atoms with Crippen LogP contribution in [0, 0.1) is 6.92 Å². The van der Waals surface area contributed by atoms with Gasteiger partial charge in [0.15, 0.2) is 5.16 Å². The molecule has 1 aromatic carbocycles. The van der Waals surface area contributed by atoms with E-state index < -0.39 is 5.97 Å². The average molecular weight is 429 g/mol. The molecular weight excluding hydrogens is 404 g/mol. The predicted molar refractivity (Wildman–Crippen MR) is 117 cm³/mol. The number of methoxy groups -OCH3 is 1. The minimum Gasteiger partial charge on any atom is -0.465 e. The maximum atomic E-state index is 13.0. The lowest BCUT2D eigenvalue weighted by atomic mass is 10.2. The van der Waals surface area contributed by atoms with Gasteiger partial charge in [0.25, 0.3) is 5.56 Å². The molecule has 0 fully saturated rings. The third kappa shape index (κ3) is 4.40. The first-order valence-electron chi connectivity index (χ1n) is 9.57. The van der Waals surface area contributed by atoms with Gasteiger partial charge < -0.3 is 15.0 Å². The number of fused-ring (bicyclic) bond motifs is 1. The van der Waals surface area contributed by atoms with Gasteiger partial charge in [0.05, 0.1) is 29.6 Å². The minimum atomic E-state index is -0.529. The van der Waals surface area contributed by atoms with Crippen molar-refractivity contribution in [2.24, 2.45) is 0 Å². The number of benzene rings is 1. The van der Waals surface area contributed by atoms with Crippen LogP contribution in [0.3, 0.4) is 0 Å². The highest BCUT2D eigenvalue weighted by Crippen LogP contribution is 2.23. The number of anilines is 1. The minimum absolute atomic E-state index is 0.0350. The van der Waals surface area contributed by atoms with Crippen LogP contribution in [-0.4, -0.2) is 39.3 Å². The van der Waals surface area contributed by atoms with Crippen LogP contribution in [0.5, 0.6) is 0 Å². The van der Waals surface area contributed by atoms with Gasteiger partial charge in [0, 0.05) is 11.7 Å². The van der Waals surface area contributed by atoms with Crippen molar-refractivity contribution in [2.45, 2.75) is 38.4 Å². The molecule has 0 aliphatic carbocycles. The fourth-order valence-electron chi connectivity index (χ4n) is 3.06. The van der Waals surface area contributed by atoms with E-state index in [0.717, 1.165) is 12.1 Å². The molecule has 30 heavy (non-hydrogen) atoms. The first-order valence-corrected chi connectivity index (χ1v) is 10.6. The zero-order valence-corrected chi connectivity index (χ0v) is 18.1. The first kappa shape index (κ1) is 21.6. The first-order chi connectivity index (χ1) is 14.3. The molecule has 9 heteroatoms. The number of aryl methyl sites for hydroxylation is 1. The third-order valence-corrected chi connectivity index (χ3v) is 5.71. The molecule has 158 valence electrons. The van der Waals surface area contributed by atoms with Crippen molar-refractivity contribution < 1.29 is 14.3 Å². The summed E-state index contributed by atoms with van der Waals surface area (Å²) in [5.41, 5.74) is 2.40. The normalized spacial score (nSPS) is 12.0. The van der Waals surface area contributed by atoms with E-state index in [1.807, 2.05) is 26.8 Å². The Kier molecular flexibility index (Phi) is 6.61. The number of aromatic nitrogens is 3. The van der Waals surface area contributed by atoms with Crippen molar-refractivity contribution >= 4 is 40.4 Å². The van der Waals surface area contributed by atoms with Crippen molar-refractivity contribution in [2.75, 3.05) is 18.2 Å². The van der Waals surface area contributed by atoms with E-state index in [1.54, 1.807) is 28.8 Å². The van der Waals surface area contributed by atoms with Crippen LogP contribution in [0.25, 0.3) is 11.0 Å². The van der Waals surface area contributed by atoms with Gasteiger partial charge in [-0.3, -0.25) is 14.2 Å². The number of nitrogens with zero attached hydrogens (tertiary/aromatic N) is 2. The number of para-hydroxylation sites is 1. The highest BCUT2D eigenvalue weighted by Gasteiger charge is 2.19. The van der Waals surface area contributed by atoms with Crippen LogP contribution in [0.4, 0.5) is 5.69 Å². The number of nitrogens with one attached hydrogen (secondary N) is 2. The van der Waals surface area contributed by atoms with Crippen LogP contribution in [-0.2, 0) is 9.53 Å². The summed E-state index contributed by atoms with van der Waals surface area (Å²) in [5.74, 6) is -0.807. The molecule has 0 saturated carbocycles. The van der Waals surface area contributed by atoms with E-state index in [1.165, 1.54) is 18.9 Å². The topological polar surface area (TPSA) is 106 Å². The summed E-state index contributed by atoms with van der Waals surface area (Å²) >= 11 is 1.19. The molecule has 0 spiro atoms. The average Bonchev–Trinajstić information content (AvgIpc) is 3.12. The van der Waals surface area contributed by atoms with Gasteiger partial charge in [-0.2, -0.15) is 0 Å². The van der Waals surface area contributed by atoms with Gasteiger partial charge in [0.1, 0.15) is 5.52 Å². The van der Waals surface area contributed by atoms with E-state index in [9.17, 15) is 14.4 Å². The Bertz CT molecular complexity index is 1150. The molecule has 2 heterocycles. The molecule has 1 amide bonds. The van der Waals surface area contributed by atoms with E-state index in [4.69, 9.17) is 4.74 Å². The summed E-state index contributed by atoms with van der Waals surface area (Å²) in [6.45, 7) is 5.81. The largest absolute Gasteiger partial charge is 0.465 e. The second-order valence-electron chi connectivity index (χ2n) is 6.91. The molecule has 0 saturated heterocycles. The zero-order valence-electron chi connectivity index (χ0n) is 17.3. The third-order valence-electron chi connectivity index (χ3n) is 4.76. The monoisotopic (exact) mass is 428 g/mol. The van der Waals surface area contributed by atoms with Crippen LogP contribution < -0.4 is 10.9 Å². The maximum Gasteiger partial charge on any atom is 0.339 e. The second-order valence-corrected chi connectivity index (χ2v) is 7.86. The second kappa shape index (κ2) is 9.17. The summed E-state index contributed by atoms with van der Waals surface area (Å²) in [6, 6.07) is 8.38. The molecule has 0 aliphatic heterocycles. The van der Waals surface area contributed by atoms with Crippen LogP contribution >= 0.6 is 11.8 Å². The SMILES string of the molecule is CC[C@@H](C)n1c(SCC(=O)Nc2ccccc2C(=O)OC)nc2cc(C)[nH]c2c1=O. The number of amides is 1. The van der Waals surface area contributed by atoms with Crippen molar-refractivity contribution in [3.63, 3.8) is 0 Å². The molecule has 8 nitrogen and oxygen atoms in total. The van der Waals surface area contributed by atoms with Crippen molar-refractivity contribution in [1.82, 2.24) is 14.5 Å². The van der Waals surface area contributed by atoms with Crippen molar-refractivity contribution in [3.8, 4) is 0 Å². The standard InChI is InChI=1S/C21H24N4O4S/c1-5-13(3)25-19(27)18-16(10-12(2)22-18)24-21(25)30-11-17(26)23-15-9-7-6-8-14(15)20(28)29-4/h6-10,13,22H,5,11H2,1-4H3,(H,23,26)/t13-/m1/s1. The Morgan fingerprint density at radius 2 is 2.07 bits per heavy atom. The Balaban J connectivity index is 1.84. The Morgan fingerprint density at radius 3 is 2.77 bits per heavy atom. The summed E-state index contributed by atoms with van der Waals surface area (Å²) in [7, 11) is 1.29. The van der Waals surface area contributed by atoms with Gasteiger partial charge in [-0.05, 0) is 38.5 Å². The highest BCUT2D eigenvalue weighted by molar-refractivity contribution is 7.99. The lowest BCUT2D eigenvalue weighted by Crippen LogP contribution is -2.27. The Hall–Kier alpha value is -3.07. The maximum absolute atomic E-state index is 13.0. The number of aromatic amines is 1. The van der Waals surface area contributed by atoms with Gasteiger partial charge in [-0.15, -0.1) is 0 Å². The smallest absolute Gasteiger partial charge is 0.339 e. The van der Waals surface area contributed by atoms with Gasteiger partial charge in [-0.1, -0.05) is 30.8 Å². The number of thioether (sulfide) groups is 1. The van der Waals surface area contributed by atoms with E-state index in [0.29, 0.717) is 21.9 Å². The summed E-state index contributed by atoms with van der Waals surface area (Å²) in [5, 5.41) is 3.22. The van der Waals surface area contributed by atoms with Crippen molar-refractivity contribution in [3.05, 3.63) is 51.9 Å². The Morgan fingerprint density at radius 1 is 1.33 bits per heavy atom. The molecule has 2 aromatic heterocycles. The van der Waals surface area contributed by atoms with Gasteiger partial charge >= 0.3 is 5.97 Å². The predicted octanol–water partition coefficient (Wildman–Crippen LogP) is 3.52. The number of esters is 1. The summed E-state index contributed by atoms with van der Waals surface area (Å²) in [4.78, 5) is 45.1. The fourth-order valence-corrected chi connectivity index (χ4v) is 3.96.